The lowest BCUT2D eigenvalue weighted by molar-refractivity contribution is 0.255. The van der Waals surface area contributed by atoms with Crippen molar-refractivity contribution in [3.63, 3.8) is 0 Å². The fourth-order valence-corrected chi connectivity index (χ4v) is 4.43. The van der Waals surface area contributed by atoms with Crippen molar-refractivity contribution in [3.05, 3.63) is 47.8 Å². The first-order valence-corrected chi connectivity index (χ1v) is 9.78. The van der Waals surface area contributed by atoms with Crippen LogP contribution in [0.15, 0.2) is 36.7 Å². The monoisotopic (exact) mass is 338 g/mol. The summed E-state index contributed by atoms with van der Waals surface area (Å²) < 4.78 is 2.02. The van der Waals surface area contributed by atoms with Crippen LogP contribution in [0, 0.1) is 5.92 Å². The van der Waals surface area contributed by atoms with E-state index in [1.165, 1.54) is 56.4 Å². The molecule has 134 valence electrons. The number of benzene rings is 1. The molecule has 1 aromatic heterocycles. The molecule has 2 atom stereocenters. The summed E-state index contributed by atoms with van der Waals surface area (Å²) in [4.78, 5) is 5.13. The Labute approximate surface area is 151 Å². The van der Waals surface area contributed by atoms with Crippen molar-refractivity contribution in [2.45, 2.75) is 45.2 Å². The van der Waals surface area contributed by atoms with Crippen molar-refractivity contribution < 1.29 is 0 Å². The Morgan fingerprint density at radius 1 is 1.12 bits per heavy atom. The second-order valence-corrected chi connectivity index (χ2v) is 7.85. The first-order chi connectivity index (χ1) is 12.2. The van der Waals surface area contributed by atoms with E-state index in [0.29, 0.717) is 0 Å². The van der Waals surface area contributed by atoms with Gasteiger partial charge in [0.25, 0.3) is 0 Å². The standard InChI is InChI=1S/C21H30N4/c1-3-4-5-17-6-8-20(9-7-17)25-14-18(12-22-25)13-24-15-19-10-11-23(2)21(19)16-24/h6-9,12,14,19,21H,3-5,10-11,13,15-16H2,1-2H3/t19-,21+/m0/s1. The minimum Gasteiger partial charge on any atom is -0.302 e. The predicted octanol–water partition coefficient (Wildman–Crippen LogP) is 3.35. The molecule has 2 saturated heterocycles. The van der Waals surface area contributed by atoms with Crippen LogP contribution < -0.4 is 0 Å². The van der Waals surface area contributed by atoms with E-state index in [2.05, 4.69) is 59.3 Å². The maximum Gasteiger partial charge on any atom is 0.0645 e. The Morgan fingerprint density at radius 2 is 1.96 bits per heavy atom. The Hall–Kier alpha value is -1.65. The van der Waals surface area contributed by atoms with E-state index in [9.17, 15) is 0 Å². The van der Waals surface area contributed by atoms with Crippen LogP contribution in [0.4, 0.5) is 0 Å². The zero-order valence-corrected chi connectivity index (χ0v) is 15.6. The summed E-state index contributed by atoms with van der Waals surface area (Å²) in [5.74, 6) is 0.871. The molecule has 4 heteroatoms. The molecule has 0 saturated carbocycles. The number of nitrogens with zero attached hydrogens (tertiary/aromatic N) is 4. The highest BCUT2D eigenvalue weighted by Gasteiger charge is 2.39. The molecule has 4 nitrogen and oxygen atoms in total. The molecule has 4 rings (SSSR count). The predicted molar refractivity (Wildman–Crippen MR) is 102 cm³/mol. The van der Waals surface area contributed by atoms with E-state index in [-0.39, 0.29) is 0 Å². The third-order valence-corrected chi connectivity index (χ3v) is 5.96. The molecular weight excluding hydrogens is 308 g/mol. The summed E-state index contributed by atoms with van der Waals surface area (Å²) in [7, 11) is 2.27. The van der Waals surface area contributed by atoms with E-state index >= 15 is 0 Å². The van der Waals surface area contributed by atoms with Crippen LogP contribution in [-0.2, 0) is 13.0 Å². The van der Waals surface area contributed by atoms with Crippen LogP contribution in [0.25, 0.3) is 5.69 Å². The summed E-state index contributed by atoms with van der Waals surface area (Å²) in [6.07, 6.45) is 9.27. The van der Waals surface area contributed by atoms with Gasteiger partial charge in [0.1, 0.15) is 0 Å². The molecule has 0 N–H and O–H groups in total. The highest BCUT2D eigenvalue weighted by Crippen LogP contribution is 2.30. The first-order valence-electron chi connectivity index (χ1n) is 9.78. The van der Waals surface area contributed by atoms with E-state index in [4.69, 9.17) is 0 Å². The van der Waals surface area contributed by atoms with Gasteiger partial charge in [-0.25, -0.2) is 4.68 Å². The van der Waals surface area contributed by atoms with Gasteiger partial charge in [-0.2, -0.15) is 5.10 Å². The van der Waals surface area contributed by atoms with Crippen LogP contribution >= 0.6 is 0 Å². The molecule has 2 aliphatic heterocycles. The van der Waals surface area contributed by atoms with Crippen LogP contribution in [0.5, 0.6) is 0 Å². The van der Waals surface area contributed by atoms with Gasteiger partial charge in [-0.05, 0) is 56.5 Å². The second kappa shape index (κ2) is 7.30. The van der Waals surface area contributed by atoms with Gasteiger partial charge in [-0.3, -0.25) is 4.90 Å². The number of aromatic nitrogens is 2. The summed E-state index contributed by atoms with van der Waals surface area (Å²) >= 11 is 0. The maximum atomic E-state index is 4.59. The fraction of sp³-hybridized carbons (Fsp3) is 0.571. The van der Waals surface area contributed by atoms with E-state index < -0.39 is 0 Å². The number of fused-ring (bicyclic) bond motifs is 1. The summed E-state index contributed by atoms with van der Waals surface area (Å²) in [5, 5.41) is 4.59. The second-order valence-electron chi connectivity index (χ2n) is 7.85. The summed E-state index contributed by atoms with van der Waals surface area (Å²) in [6.45, 7) is 6.99. The Bertz CT molecular complexity index is 690. The molecule has 0 unspecified atom stereocenters. The van der Waals surface area contributed by atoms with Gasteiger partial charge < -0.3 is 4.90 Å². The van der Waals surface area contributed by atoms with Crippen molar-refractivity contribution in [2.75, 3.05) is 26.7 Å². The Kier molecular flexibility index (Phi) is 4.91. The lowest BCUT2D eigenvalue weighted by Crippen LogP contribution is -2.31. The van der Waals surface area contributed by atoms with Crippen LogP contribution in [0.3, 0.4) is 0 Å². The number of likely N-dealkylation sites (tertiary alicyclic amines) is 2. The van der Waals surface area contributed by atoms with E-state index in [1.54, 1.807) is 0 Å². The lowest BCUT2D eigenvalue weighted by Gasteiger charge is -2.19. The SMILES string of the molecule is CCCCc1ccc(-n2cc(CN3C[C@@H]4CCN(C)[C@@H]4C3)cn2)cc1. The summed E-state index contributed by atoms with van der Waals surface area (Å²) in [5.41, 5.74) is 3.90. The third kappa shape index (κ3) is 3.65. The molecule has 0 bridgehead atoms. The number of rotatable bonds is 6. The molecule has 2 aliphatic rings. The molecule has 0 aliphatic carbocycles. The van der Waals surface area contributed by atoms with Crippen molar-refractivity contribution in [1.82, 2.24) is 19.6 Å². The van der Waals surface area contributed by atoms with E-state index in [1.807, 2.05) is 10.9 Å². The molecular formula is C21H30N4. The maximum absolute atomic E-state index is 4.59. The largest absolute Gasteiger partial charge is 0.302 e. The summed E-state index contributed by atoms with van der Waals surface area (Å²) in [6, 6.07) is 9.63. The van der Waals surface area contributed by atoms with Gasteiger partial charge >= 0.3 is 0 Å². The number of aryl methyl sites for hydroxylation is 1. The van der Waals surface area contributed by atoms with Crippen molar-refractivity contribution in [2.24, 2.45) is 5.92 Å². The van der Waals surface area contributed by atoms with Gasteiger partial charge in [-0.1, -0.05) is 25.5 Å². The van der Waals surface area contributed by atoms with Crippen LogP contribution in [-0.4, -0.2) is 52.3 Å². The van der Waals surface area contributed by atoms with Crippen molar-refractivity contribution in [1.29, 1.82) is 0 Å². The Morgan fingerprint density at radius 3 is 2.72 bits per heavy atom. The van der Waals surface area contributed by atoms with Gasteiger partial charge in [0, 0.05) is 37.4 Å². The topological polar surface area (TPSA) is 24.3 Å². The van der Waals surface area contributed by atoms with Crippen molar-refractivity contribution in [3.8, 4) is 5.69 Å². The highest BCUT2D eigenvalue weighted by atomic mass is 15.3. The fourth-order valence-electron chi connectivity index (χ4n) is 4.43. The van der Waals surface area contributed by atoms with Crippen LogP contribution in [0.2, 0.25) is 0 Å². The van der Waals surface area contributed by atoms with Gasteiger partial charge in [0.2, 0.25) is 0 Å². The number of unbranched alkanes of at least 4 members (excludes halogenated alkanes) is 1. The third-order valence-electron chi connectivity index (χ3n) is 5.96. The average Bonchev–Trinajstić information content (AvgIpc) is 3.32. The molecule has 0 spiro atoms. The molecule has 3 heterocycles. The highest BCUT2D eigenvalue weighted by molar-refractivity contribution is 5.34. The van der Waals surface area contributed by atoms with Gasteiger partial charge in [0.05, 0.1) is 11.9 Å². The minimum absolute atomic E-state index is 0.769. The smallest absolute Gasteiger partial charge is 0.0645 e. The lowest BCUT2D eigenvalue weighted by atomic mass is 10.1. The van der Waals surface area contributed by atoms with Gasteiger partial charge in [-0.15, -0.1) is 0 Å². The molecule has 0 amide bonds. The number of likely N-dealkylation sites (N-methyl/N-ethyl adjacent to an activating group) is 1. The number of hydrogen-bond donors (Lipinski definition) is 0. The van der Waals surface area contributed by atoms with Crippen LogP contribution in [0.1, 0.15) is 37.3 Å². The molecule has 0 radical (unpaired) electrons. The molecule has 2 fully saturated rings. The number of hydrogen-bond acceptors (Lipinski definition) is 3. The van der Waals surface area contributed by atoms with Crippen molar-refractivity contribution >= 4 is 0 Å². The normalized spacial score (nSPS) is 24.1. The minimum atomic E-state index is 0.769. The van der Waals surface area contributed by atoms with E-state index in [0.717, 1.165) is 24.2 Å². The quantitative estimate of drug-likeness (QED) is 0.807. The first kappa shape index (κ1) is 16.8. The molecule has 2 aromatic rings. The molecule has 25 heavy (non-hydrogen) atoms. The average molecular weight is 338 g/mol. The van der Waals surface area contributed by atoms with Gasteiger partial charge in [0.15, 0.2) is 0 Å². The molecule has 1 aromatic carbocycles. The zero-order valence-electron chi connectivity index (χ0n) is 15.6. The zero-order chi connectivity index (χ0) is 17.2. The Balaban J connectivity index is 1.37.